The summed E-state index contributed by atoms with van der Waals surface area (Å²) in [6.07, 6.45) is 5.77. The topological polar surface area (TPSA) is 120 Å². The molecule has 0 spiro atoms. The van der Waals surface area contributed by atoms with E-state index >= 15 is 0 Å². The molecule has 0 saturated carbocycles. The van der Waals surface area contributed by atoms with Gasteiger partial charge in [-0.3, -0.25) is 19.3 Å². The predicted octanol–water partition coefficient (Wildman–Crippen LogP) is 3.99. The van der Waals surface area contributed by atoms with Crippen LogP contribution in [-0.4, -0.2) is 34.7 Å². The highest BCUT2D eigenvalue weighted by Crippen LogP contribution is 2.32. The zero-order valence-corrected chi connectivity index (χ0v) is 20.7. The summed E-state index contributed by atoms with van der Waals surface area (Å²) in [4.78, 5) is 51.5. The number of carbonyl (C=O) groups is 4. The van der Waals surface area contributed by atoms with Gasteiger partial charge in [-0.2, -0.15) is 0 Å². The Morgan fingerprint density at radius 2 is 1.92 bits per heavy atom. The number of benzene rings is 2. The van der Waals surface area contributed by atoms with Crippen LogP contribution in [0.25, 0.3) is 6.08 Å². The lowest BCUT2D eigenvalue weighted by Gasteiger charge is -2.29. The number of rotatable bonds is 5. The van der Waals surface area contributed by atoms with Gasteiger partial charge in [0.05, 0.1) is 6.04 Å². The van der Waals surface area contributed by atoms with Crippen LogP contribution in [0.5, 0.6) is 0 Å². The number of nitrogens with zero attached hydrogens (tertiary/aromatic N) is 1. The number of carbonyl (C=O) groups excluding carboxylic acids is 4. The summed E-state index contributed by atoms with van der Waals surface area (Å²) in [5.74, 6) is -1.53. The van der Waals surface area contributed by atoms with E-state index in [1.807, 2.05) is 37.3 Å². The highest BCUT2D eigenvalue weighted by atomic mass is 35.5. The van der Waals surface area contributed by atoms with E-state index in [4.69, 9.17) is 11.6 Å². The summed E-state index contributed by atoms with van der Waals surface area (Å²) in [5, 5.41) is 11.8. The number of urea groups is 1. The second-order valence-electron chi connectivity index (χ2n) is 9.09. The first-order chi connectivity index (χ1) is 17.7. The van der Waals surface area contributed by atoms with E-state index in [9.17, 15) is 19.2 Å². The van der Waals surface area contributed by atoms with Crippen LogP contribution in [0, 0.1) is 6.92 Å². The number of nitrogens with one attached hydrogen (secondary N) is 4. The van der Waals surface area contributed by atoms with Gasteiger partial charge in [-0.1, -0.05) is 42.5 Å². The number of piperidine rings is 1. The summed E-state index contributed by atoms with van der Waals surface area (Å²) < 4.78 is 0. The van der Waals surface area contributed by atoms with Crippen LogP contribution < -0.4 is 21.3 Å². The number of anilines is 2. The highest BCUT2D eigenvalue weighted by Gasteiger charge is 2.41. The largest absolute Gasteiger partial charge is 0.351 e. The Balaban J connectivity index is 1.26. The SMILES string of the molecule is C=C1CCC(N2C(=O)C=C(Nc3ccc4c(c3)C(NC(=O)Nc3ccc(C)c(Cl)c3)C=C4)C2=O)C(=O)N1. The third-order valence-corrected chi connectivity index (χ3v) is 6.88. The minimum absolute atomic E-state index is 0.0756. The monoisotopic (exact) mass is 517 g/mol. The molecule has 1 fully saturated rings. The lowest BCUT2D eigenvalue weighted by molar-refractivity contribution is -0.146. The van der Waals surface area contributed by atoms with Gasteiger partial charge in [0.1, 0.15) is 11.7 Å². The van der Waals surface area contributed by atoms with Crippen molar-refractivity contribution < 1.29 is 19.2 Å². The van der Waals surface area contributed by atoms with E-state index in [-0.39, 0.29) is 5.70 Å². The van der Waals surface area contributed by atoms with E-state index in [0.717, 1.165) is 21.6 Å². The molecule has 2 unspecified atom stereocenters. The van der Waals surface area contributed by atoms with Crippen LogP contribution in [-0.2, 0) is 14.4 Å². The number of imide groups is 1. The van der Waals surface area contributed by atoms with Crippen molar-refractivity contribution in [3.05, 3.63) is 88.2 Å². The third-order valence-electron chi connectivity index (χ3n) is 6.47. The van der Waals surface area contributed by atoms with Crippen molar-refractivity contribution in [2.45, 2.75) is 31.8 Å². The number of aryl methyl sites for hydroxylation is 1. The van der Waals surface area contributed by atoms with Gasteiger partial charge in [-0.05, 0) is 60.7 Å². The first-order valence-electron chi connectivity index (χ1n) is 11.7. The molecule has 9 nitrogen and oxygen atoms in total. The molecule has 37 heavy (non-hydrogen) atoms. The first kappa shape index (κ1) is 24.3. The van der Waals surface area contributed by atoms with Crippen molar-refractivity contribution in [3.8, 4) is 0 Å². The molecule has 0 aromatic heterocycles. The summed E-state index contributed by atoms with van der Waals surface area (Å²) in [6, 6.07) is 9.04. The molecular weight excluding hydrogens is 494 g/mol. The zero-order chi connectivity index (χ0) is 26.3. The van der Waals surface area contributed by atoms with E-state index < -0.39 is 35.8 Å². The minimum atomic E-state index is -0.874. The Labute approximate surface area is 218 Å². The summed E-state index contributed by atoms with van der Waals surface area (Å²) in [7, 11) is 0. The average molecular weight is 518 g/mol. The number of halogens is 1. The van der Waals surface area contributed by atoms with Crippen LogP contribution in [0.1, 0.15) is 35.6 Å². The fourth-order valence-corrected chi connectivity index (χ4v) is 4.70. The second kappa shape index (κ2) is 9.59. The second-order valence-corrected chi connectivity index (χ2v) is 9.49. The predicted molar refractivity (Wildman–Crippen MR) is 140 cm³/mol. The molecule has 5 rings (SSSR count). The van der Waals surface area contributed by atoms with Crippen LogP contribution in [0.3, 0.4) is 0 Å². The van der Waals surface area contributed by atoms with Gasteiger partial charge in [0, 0.05) is 28.2 Å². The van der Waals surface area contributed by atoms with Crippen molar-refractivity contribution in [1.29, 1.82) is 0 Å². The Bertz CT molecular complexity index is 1430. The molecule has 2 aliphatic heterocycles. The smallest absolute Gasteiger partial charge is 0.319 e. The van der Waals surface area contributed by atoms with Crippen molar-refractivity contribution in [2.75, 3.05) is 10.6 Å². The molecule has 3 aliphatic rings. The average Bonchev–Trinajstić information content (AvgIpc) is 3.36. The molecule has 1 saturated heterocycles. The lowest BCUT2D eigenvalue weighted by atomic mass is 10.0. The standard InChI is InChI=1S/C27H24ClN5O4/c1-14-3-7-18(12-20(14)28)31-27(37)32-21-9-6-16-5-8-17(11-19(16)21)30-22-13-24(34)33(26(22)36)23-10-4-15(2)29-25(23)35/h3,5-9,11-13,21,23,30H,2,4,10H2,1H3,(H,29,35)(H2,31,32,37). The Kier molecular flexibility index (Phi) is 6.31. The van der Waals surface area contributed by atoms with Crippen LogP contribution in [0.15, 0.2) is 66.5 Å². The zero-order valence-electron chi connectivity index (χ0n) is 19.9. The van der Waals surface area contributed by atoms with E-state index in [0.29, 0.717) is 34.9 Å². The molecule has 1 aliphatic carbocycles. The normalized spacial score (nSPS) is 20.5. The van der Waals surface area contributed by atoms with Crippen molar-refractivity contribution in [2.24, 2.45) is 0 Å². The summed E-state index contributed by atoms with van der Waals surface area (Å²) >= 11 is 6.14. The Hall–Kier alpha value is -4.37. The summed E-state index contributed by atoms with van der Waals surface area (Å²) in [6.45, 7) is 5.61. The fraction of sp³-hybridized carbons (Fsp3) is 0.185. The van der Waals surface area contributed by atoms with E-state index in [2.05, 4.69) is 27.8 Å². The number of hydrogen-bond donors (Lipinski definition) is 4. The van der Waals surface area contributed by atoms with Gasteiger partial charge in [0.15, 0.2) is 0 Å². The van der Waals surface area contributed by atoms with E-state index in [1.165, 1.54) is 6.08 Å². The molecule has 0 bridgehead atoms. The van der Waals surface area contributed by atoms with Gasteiger partial charge < -0.3 is 21.3 Å². The molecule has 2 aromatic rings. The summed E-state index contributed by atoms with van der Waals surface area (Å²) in [5.41, 5.74) is 4.43. The van der Waals surface area contributed by atoms with Gasteiger partial charge >= 0.3 is 6.03 Å². The molecule has 2 aromatic carbocycles. The van der Waals surface area contributed by atoms with Gasteiger partial charge in [0.25, 0.3) is 11.8 Å². The minimum Gasteiger partial charge on any atom is -0.351 e. The number of fused-ring (bicyclic) bond motifs is 1. The maximum absolute atomic E-state index is 13.0. The van der Waals surface area contributed by atoms with Crippen molar-refractivity contribution in [1.82, 2.24) is 15.5 Å². The molecule has 2 atom stereocenters. The van der Waals surface area contributed by atoms with Crippen molar-refractivity contribution in [3.63, 3.8) is 0 Å². The molecule has 10 heteroatoms. The van der Waals surface area contributed by atoms with Crippen LogP contribution in [0.2, 0.25) is 5.02 Å². The fourth-order valence-electron chi connectivity index (χ4n) is 4.52. The number of amides is 5. The maximum atomic E-state index is 13.0. The molecule has 4 N–H and O–H groups in total. The Morgan fingerprint density at radius 3 is 2.68 bits per heavy atom. The molecule has 2 heterocycles. The highest BCUT2D eigenvalue weighted by molar-refractivity contribution is 6.31. The van der Waals surface area contributed by atoms with Gasteiger partial charge in [-0.15, -0.1) is 0 Å². The molecule has 5 amide bonds. The number of allylic oxidation sites excluding steroid dienone is 1. The Morgan fingerprint density at radius 1 is 1.14 bits per heavy atom. The third kappa shape index (κ3) is 4.85. The van der Waals surface area contributed by atoms with Gasteiger partial charge in [-0.25, -0.2) is 4.79 Å². The lowest BCUT2D eigenvalue weighted by Crippen LogP contribution is -2.52. The van der Waals surface area contributed by atoms with Crippen LogP contribution >= 0.6 is 11.6 Å². The van der Waals surface area contributed by atoms with E-state index in [1.54, 1.807) is 18.2 Å². The molecule has 188 valence electrons. The number of hydrogen-bond acceptors (Lipinski definition) is 5. The van der Waals surface area contributed by atoms with Crippen LogP contribution in [0.4, 0.5) is 16.2 Å². The van der Waals surface area contributed by atoms with Gasteiger partial charge in [0.2, 0.25) is 5.91 Å². The molecule has 0 radical (unpaired) electrons. The maximum Gasteiger partial charge on any atom is 0.319 e. The molecular formula is C27H24ClN5O4. The van der Waals surface area contributed by atoms with Crippen molar-refractivity contribution >= 4 is 52.8 Å². The quantitative estimate of drug-likeness (QED) is 0.447. The first-order valence-corrected chi connectivity index (χ1v) is 12.1.